The van der Waals surface area contributed by atoms with Gasteiger partial charge in [-0.05, 0) is 36.0 Å². The summed E-state index contributed by atoms with van der Waals surface area (Å²) in [4.78, 5) is 11.2. The molecule has 0 saturated heterocycles. The van der Waals surface area contributed by atoms with Crippen molar-refractivity contribution in [3.05, 3.63) is 29.3 Å². The number of hydrazine groups is 1. The van der Waals surface area contributed by atoms with Crippen LogP contribution in [0.4, 0.5) is 10.5 Å². The van der Waals surface area contributed by atoms with Gasteiger partial charge in [0.1, 0.15) is 0 Å². The molecule has 1 fully saturated rings. The second kappa shape index (κ2) is 4.84. The standard InChI is InChI=1S/C11H14BrN3O/c12-6-9-8(7-4-5-7)2-1-3-10(9)14-11(16)15-13/h1-3,7H,4-6,13H2,(H2,14,15,16). The van der Waals surface area contributed by atoms with Gasteiger partial charge in [-0.3, -0.25) is 5.43 Å². The summed E-state index contributed by atoms with van der Waals surface area (Å²) in [7, 11) is 0. The molecule has 0 spiro atoms. The van der Waals surface area contributed by atoms with Crippen LogP contribution in [0, 0.1) is 0 Å². The van der Waals surface area contributed by atoms with E-state index in [1.807, 2.05) is 12.1 Å². The highest BCUT2D eigenvalue weighted by Crippen LogP contribution is 2.43. The lowest BCUT2D eigenvalue weighted by atomic mass is 10.0. The van der Waals surface area contributed by atoms with E-state index in [9.17, 15) is 4.79 Å². The van der Waals surface area contributed by atoms with Crippen LogP contribution in [0.5, 0.6) is 0 Å². The topological polar surface area (TPSA) is 67.1 Å². The number of alkyl halides is 1. The molecule has 1 aromatic carbocycles. The minimum atomic E-state index is -0.393. The molecule has 2 amide bonds. The molecule has 1 saturated carbocycles. The molecule has 0 aromatic heterocycles. The SMILES string of the molecule is NNC(=O)Nc1cccc(C2CC2)c1CBr. The number of rotatable bonds is 3. The lowest BCUT2D eigenvalue weighted by molar-refractivity contribution is 0.252. The van der Waals surface area contributed by atoms with Crippen LogP contribution in [0.2, 0.25) is 0 Å². The zero-order valence-electron chi connectivity index (χ0n) is 8.79. The van der Waals surface area contributed by atoms with E-state index in [0.29, 0.717) is 5.92 Å². The monoisotopic (exact) mass is 283 g/mol. The Morgan fingerprint density at radius 1 is 1.50 bits per heavy atom. The minimum absolute atomic E-state index is 0.393. The summed E-state index contributed by atoms with van der Waals surface area (Å²) in [6.07, 6.45) is 2.49. The zero-order valence-corrected chi connectivity index (χ0v) is 10.4. The molecule has 0 aliphatic heterocycles. The van der Waals surface area contributed by atoms with Crippen molar-refractivity contribution in [1.82, 2.24) is 5.43 Å². The van der Waals surface area contributed by atoms with Gasteiger partial charge in [-0.25, -0.2) is 10.6 Å². The molecule has 4 N–H and O–H groups in total. The van der Waals surface area contributed by atoms with Crippen LogP contribution in [-0.2, 0) is 5.33 Å². The van der Waals surface area contributed by atoms with Gasteiger partial charge >= 0.3 is 6.03 Å². The van der Waals surface area contributed by atoms with Gasteiger partial charge in [-0.1, -0.05) is 28.1 Å². The average molecular weight is 284 g/mol. The summed E-state index contributed by atoms with van der Waals surface area (Å²) in [6.45, 7) is 0. The fourth-order valence-corrected chi connectivity index (χ4v) is 2.43. The number of anilines is 1. The predicted octanol–water partition coefficient (Wildman–Crippen LogP) is 2.45. The molecule has 1 aromatic rings. The molecule has 0 bridgehead atoms. The van der Waals surface area contributed by atoms with Crippen LogP contribution < -0.4 is 16.6 Å². The first-order chi connectivity index (χ1) is 7.76. The van der Waals surface area contributed by atoms with Crippen molar-refractivity contribution in [2.24, 2.45) is 5.84 Å². The van der Waals surface area contributed by atoms with Crippen LogP contribution in [-0.4, -0.2) is 6.03 Å². The third-order valence-corrected chi connectivity index (χ3v) is 3.30. The van der Waals surface area contributed by atoms with E-state index < -0.39 is 6.03 Å². The Morgan fingerprint density at radius 3 is 2.81 bits per heavy atom. The Bertz CT molecular complexity index is 404. The molecule has 0 heterocycles. The summed E-state index contributed by atoms with van der Waals surface area (Å²) in [5, 5.41) is 3.47. The van der Waals surface area contributed by atoms with Gasteiger partial charge in [0.25, 0.3) is 0 Å². The predicted molar refractivity (Wildman–Crippen MR) is 67.4 cm³/mol. The molecule has 0 radical (unpaired) electrons. The Hall–Kier alpha value is -1.07. The maximum atomic E-state index is 11.2. The minimum Gasteiger partial charge on any atom is -0.307 e. The Labute approximate surface area is 103 Å². The third kappa shape index (κ3) is 2.36. The summed E-state index contributed by atoms with van der Waals surface area (Å²) in [5.74, 6) is 5.71. The quantitative estimate of drug-likeness (QED) is 0.345. The van der Waals surface area contributed by atoms with Crippen LogP contribution in [0.3, 0.4) is 0 Å². The number of nitrogens with one attached hydrogen (secondary N) is 2. The molecule has 5 heteroatoms. The van der Waals surface area contributed by atoms with Crippen LogP contribution in [0.15, 0.2) is 18.2 Å². The lowest BCUT2D eigenvalue weighted by Crippen LogP contribution is -2.34. The number of nitrogens with two attached hydrogens (primary N) is 1. The van der Waals surface area contributed by atoms with E-state index in [0.717, 1.165) is 16.6 Å². The van der Waals surface area contributed by atoms with Gasteiger partial charge in [0.05, 0.1) is 0 Å². The highest BCUT2D eigenvalue weighted by atomic mass is 79.9. The van der Waals surface area contributed by atoms with E-state index in [4.69, 9.17) is 5.84 Å². The Balaban J connectivity index is 2.29. The van der Waals surface area contributed by atoms with Gasteiger partial charge in [-0.2, -0.15) is 0 Å². The summed E-state index contributed by atoms with van der Waals surface area (Å²) >= 11 is 3.46. The normalized spacial score (nSPS) is 14.6. The maximum absolute atomic E-state index is 11.2. The number of carbonyl (C=O) groups excluding carboxylic acids is 1. The van der Waals surface area contributed by atoms with E-state index in [-0.39, 0.29) is 0 Å². The smallest absolute Gasteiger partial charge is 0.307 e. The Kier molecular flexibility index (Phi) is 3.46. The van der Waals surface area contributed by atoms with Crippen molar-refractivity contribution in [3.8, 4) is 0 Å². The van der Waals surface area contributed by atoms with E-state index in [2.05, 4.69) is 32.7 Å². The van der Waals surface area contributed by atoms with E-state index >= 15 is 0 Å². The van der Waals surface area contributed by atoms with Crippen LogP contribution >= 0.6 is 15.9 Å². The number of benzene rings is 1. The summed E-state index contributed by atoms with van der Waals surface area (Å²) in [6, 6.07) is 5.58. The molecule has 16 heavy (non-hydrogen) atoms. The number of hydrogen-bond acceptors (Lipinski definition) is 2. The van der Waals surface area contributed by atoms with Crippen LogP contribution in [0.25, 0.3) is 0 Å². The van der Waals surface area contributed by atoms with Crippen molar-refractivity contribution in [2.45, 2.75) is 24.1 Å². The zero-order chi connectivity index (χ0) is 11.5. The molecular weight excluding hydrogens is 270 g/mol. The summed E-state index contributed by atoms with van der Waals surface area (Å²) < 4.78 is 0. The third-order valence-electron chi connectivity index (χ3n) is 2.74. The molecule has 4 nitrogen and oxygen atoms in total. The van der Waals surface area contributed by atoms with Gasteiger partial charge in [-0.15, -0.1) is 0 Å². The Morgan fingerprint density at radius 2 is 2.25 bits per heavy atom. The molecule has 1 aliphatic rings. The number of urea groups is 1. The van der Waals surface area contributed by atoms with E-state index in [1.54, 1.807) is 0 Å². The van der Waals surface area contributed by atoms with Gasteiger partial charge < -0.3 is 5.32 Å². The number of carbonyl (C=O) groups is 1. The molecule has 2 rings (SSSR count). The van der Waals surface area contributed by atoms with Crippen molar-refractivity contribution < 1.29 is 4.79 Å². The summed E-state index contributed by atoms with van der Waals surface area (Å²) in [5.41, 5.74) is 5.36. The number of hydrogen-bond donors (Lipinski definition) is 3. The first kappa shape index (κ1) is 11.4. The second-order valence-corrected chi connectivity index (χ2v) is 4.44. The van der Waals surface area contributed by atoms with Crippen molar-refractivity contribution >= 4 is 27.6 Å². The second-order valence-electron chi connectivity index (χ2n) is 3.88. The van der Waals surface area contributed by atoms with Crippen LogP contribution in [0.1, 0.15) is 29.9 Å². The molecule has 0 atom stereocenters. The average Bonchev–Trinajstić information content (AvgIpc) is 3.12. The maximum Gasteiger partial charge on any atom is 0.333 e. The highest BCUT2D eigenvalue weighted by Gasteiger charge is 2.26. The fraction of sp³-hybridized carbons (Fsp3) is 0.364. The fourth-order valence-electron chi connectivity index (χ4n) is 1.81. The van der Waals surface area contributed by atoms with Gasteiger partial charge in [0.15, 0.2) is 0 Å². The molecule has 86 valence electrons. The first-order valence-corrected chi connectivity index (χ1v) is 6.33. The number of amides is 2. The van der Waals surface area contributed by atoms with Crippen molar-refractivity contribution in [1.29, 1.82) is 0 Å². The van der Waals surface area contributed by atoms with Crippen molar-refractivity contribution in [3.63, 3.8) is 0 Å². The number of halogens is 1. The lowest BCUT2D eigenvalue weighted by Gasteiger charge is -2.13. The molecule has 0 unspecified atom stereocenters. The highest BCUT2D eigenvalue weighted by molar-refractivity contribution is 9.08. The van der Waals surface area contributed by atoms with Gasteiger partial charge in [0, 0.05) is 11.0 Å². The molecular formula is C11H14BrN3O. The first-order valence-electron chi connectivity index (χ1n) is 5.21. The molecule has 1 aliphatic carbocycles. The van der Waals surface area contributed by atoms with Crippen molar-refractivity contribution in [2.75, 3.05) is 5.32 Å². The largest absolute Gasteiger partial charge is 0.333 e. The van der Waals surface area contributed by atoms with E-state index in [1.165, 1.54) is 18.4 Å². The van der Waals surface area contributed by atoms with Gasteiger partial charge in [0.2, 0.25) is 0 Å².